The van der Waals surface area contributed by atoms with Gasteiger partial charge in [0.05, 0.1) is 12.2 Å². The van der Waals surface area contributed by atoms with E-state index < -0.39 is 0 Å². The van der Waals surface area contributed by atoms with E-state index in [1.54, 1.807) is 18.0 Å². The van der Waals surface area contributed by atoms with Crippen LogP contribution in [0, 0.1) is 0 Å². The Hall–Kier alpha value is -2.85. The summed E-state index contributed by atoms with van der Waals surface area (Å²) < 4.78 is 5.34. The van der Waals surface area contributed by atoms with Crippen LogP contribution in [0.2, 0.25) is 0 Å². The molecule has 1 heterocycles. The summed E-state index contributed by atoms with van der Waals surface area (Å²) in [6.07, 6.45) is 1.79. The summed E-state index contributed by atoms with van der Waals surface area (Å²) in [6, 6.07) is 21.8. The Morgan fingerprint density at radius 1 is 0.885 bits per heavy atom. The van der Waals surface area contributed by atoms with Crippen LogP contribution in [-0.4, -0.2) is 17.6 Å². The second-order valence-corrected chi connectivity index (χ2v) is 6.82. The molecule has 0 N–H and O–H groups in total. The molecule has 128 valence electrons. The molecule has 4 aromatic rings. The zero-order valence-corrected chi connectivity index (χ0v) is 15.1. The molecule has 0 saturated carbocycles. The Kier molecular flexibility index (Phi) is 4.59. The number of aromatic nitrogens is 1. The van der Waals surface area contributed by atoms with E-state index in [-0.39, 0.29) is 5.97 Å². The lowest BCUT2D eigenvalue weighted by atomic mass is 9.96. The van der Waals surface area contributed by atoms with Crippen LogP contribution >= 0.6 is 11.8 Å². The Morgan fingerprint density at radius 2 is 1.46 bits per heavy atom. The molecule has 0 atom stereocenters. The number of hydrogen-bond acceptors (Lipinski definition) is 4. The molecule has 0 amide bonds. The molecular weight excluding hydrogens is 342 g/mol. The van der Waals surface area contributed by atoms with Crippen LogP contribution in [0.15, 0.2) is 82.8 Å². The number of carbonyl (C=O) groups excluding carboxylic acids is 1. The number of ether oxygens (including phenoxy) is 1. The minimum absolute atomic E-state index is 0.283. The van der Waals surface area contributed by atoms with E-state index >= 15 is 0 Å². The lowest BCUT2D eigenvalue weighted by molar-refractivity contribution is 0.0531. The summed E-state index contributed by atoms with van der Waals surface area (Å²) in [6.45, 7) is 2.18. The van der Waals surface area contributed by atoms with Gasteiger partial charge in [0, 0.05) is 11.1 Å². The Bertz CT molecular complexity index is 1040. The van der Waals surface area contributed by atoms with Gasteiger partial charge in [-0.05, 0) is 40.6 Å². The highest BCUT2D eigenvalue weighted by Gasteiger charge is 2.20. The van der Waals surface area contributed by atoms with Crippen molar-refractivity contribution >= 4 is 39.3 Å². The van der Waals surface area contributed by atoms with Crippen LogP contribution in [0.4, 0.5) is 0 Å². The number of rotatable bonds is 4. The van der Waals surface area contributed by atoms with Gasteiger partial charge in [-0.2, -0.15) is 0 Å². The van der Waals surface area contributed by atoms with Crippen molar-refractivity contribution in [2.45, 2.75) is 16.8 Å². The van der Waals surface area contributed by atoms with Crippen molar-refractivity contribution in [1.29, 1.82) is 0 Å². The first-order chi connectivity index (χ1) is 12.8. The summed E-state index contributed by atoms with van der Waals surface area (Å²) in [5, 5.41) is 4.80. The SMILES string of the molecule is CCOC(=O)c1c2ccccc2c(Sc2ccccn2)c2ccccc12. The Morgan fingerprint density at radius 3 is 2.00 bits per heavy atom. The van der Waals surface area contributed by atoms with Gasteiger partial charge in [0.15, 0.2) is 0 Å². The van der Waals surface area contributed by atoms with Crippen molar-refractivity contribution in [3.8, 4) is 0 Å². The zero-order chi connectivity index (χ0) is 17.9. The molecule has 0 spiro atoms. The number of fused-ring (bicyclic) bond motifs is 2. The van der Waals surface area contributed by atoms with E-state index in [2.05, 4.69) is 17.1 Å². The van der Waals surface area contributed by atoms with Gasteiger partial charge < -0.3 is 4.74 Å². The number of carbonyl (C=O) groups is 1. The number of esters is 1. The fourth-order valence-corrected chi connectivity index (χ4v) is 4.18. The largest absolute Gasteiger partial charge is 0.462 e. The number of hydrogen-bond donors (Lipinski definition) is 0. The zero-order valence-electron chi connectivity index (χ0n) is 14.3. The quantitative estimate of drug-likeness (QED) is 0.345. The van der Waals surface area contributed by atoms with Crippen LogP contribution in [0.3, 0.4) is 0 Å². The molecule has 0 bridgehead atoms. The highest BCUT2D eigenvalue weighted by Crippen LogP contribution is 2.41. The summed E-state index contributed by atoms with van der Waals surface area (Å²) in [5.74, 6) is -0.283. The molecule has 0 radical (unpaired) electrons. The predicted molar refractivity (Wildman–Crippen MR) is 106 cm³/mol. The van der Waals surface area contributed by atoms with Gasteiger partial charge in [-0.15, -0.1) is 0 Å². The van der Waals surface area contributed by atoms with Crippen molar-refractivity contribution in [3.63, 3.8) is 0 Å². The smallest absolute Gasteiger partial charge is 0.339 e. The van der Waals surface area contributed by atoms with Crippen molar-refractivity contribution in [2.24, 2.45) is 0 Å². The van der Waals surface area contributed by atoms with Gasteiger partial charge >= 0.3 is 5.97 Å². The van der Waals surface area contributed by atoms with Crippen molar-refractivity contribution in [3.05, 3.63) is 78.5 Å². The first-order valence-corrected chi connectivity index (χ1v) is 9.30. The molecule has 0 aliphatic carbocycles. The monoisotopic (exact) mass is 359 g/mol. The van der Waals surface area contributed by atoms with E-state index in [0.717, 1.165) is 31.5 Å². The third-order valence-corrected chi connectivity index (χ3v) is 5.30. The van der Waals surface area contributed by atoms with Crippen molar-refractivity contribution < 1.29 is 9.53 Å². The lowest BCUT2D eigenvalue weighted by Crippen LogP contribution is -2.07. The van der Waals surface area contributed by atoms with Gasteiger partial charge in [-0.1, -0.05) is 66.4 Å². The first kappa shape index (κ1) is 16.6. The predicted octanol–water partition coefficient (Wildman–Crippen LogP) is 5.72. The van der Waals surface area contributed by atoms with E-state index in [1.807, 2.05) is 61.5 Å². The highest BCUT2D eigenvalue weighted by atomic mass is 32.2. The van der Waals surface area contributed by atoms with Crippen LogP contribution in [0.25, 0.3) is 21.5 Å². The minimum Gasteiger partial charge on any atom is -0.462 e. The maximum Gasteiger partial charge on any atom is 0.339 e. The van der Waals surface area contributed by atoms with Gasteiger partial charge in [0.25, 0.3) is 0 Å². The number of nitrogens with zero attached hydrogens (tertiary/aromatic N) is 1. The average Bonchev–Trinajstić information content (AvgIpc) is 2.69. The molecule has 0 saturated heterocycles. The van der Waals surface area contributed by atoms with E-state index in [9.17, 15) is 4.79 Å². The molecule has 0 aliphatic rings. The summed E-state index contributed by atoms with van der Waals surface area (Å²) >= 11 is 1.62. The Labute approximate surface area is 156 Å². The molecule has 0 aliphatic heterocycles. The molecule has 0 unspecified atom stereocenters. The van der Waals surface area contributed by atoms with Crippen molar-refractivity contribution in [2.75, 3.05) is 6.61 Å². The molecule has 3 aromatic carbocycles. The maximum atomic E-state index is 12.7. The van der Waals surface area contributed by atoms with E-state index in [1.165, 1.54) is 0 Å². The third-order valence-electron chi connectivity index (χ3n) is 4.21. The van der Waals surface area contributed by atoms with Crippen LogP contribution in [0.5, 0.6) is 0 Å². The van der Waals surface area contributed by atoms with E-state index in [4.69, 9.17) is 4.74 Å². The highest BCUT2D eigenvalue weighted by molar-refractivity contribution is 7.99. The standard InChI is InChI=1S/C22H17NO2S/c1-2-25-22(24)20-15-9-3-5-11-17(15)21(18-12-6-4-10-16(18)20)26-19-13-7-8-14-23-19/h3-14H,2H2,1H3. The van der Waals surface area contributed by atoms with Crippen LogP contribution < -0.4 is 0 Å². The van der Waals surface area contributed by atoms with Gasteiger partial charge in [0.1, 0.15) is 5.03 Å². The van der Waals surface area contributed by atoms with Gasteiger partial charge in [0.2, 0.25) is 0 Å². The number of pyridine rings is 1. The first-order valence-electron chi connectivity index (χ1n) is 8.49. The van der Waals surface area contributed by atoms with Crippen LogP contribution in [0.1, 0.15) is 17.3 Å². The maximum absolute atomic E-state index is 12.7. The molecule has 4 heteroatoms. The summed E-state index contributed by atoms with van der Waals surface area (Å²) in [4.78, 5) is 18.2. The number of benzene rings is 3. The molecule has 4 rings (SSSR count). The average molecular weight is 359 g/mol. The molecule has 1 aromatic heterocycles. The molecular formula is C22H17NO2S. The Balaban J connectivity index is 2.05. The second kappa shape index (κ2) is 7.18. The summed E-state index contributed by atoms with van der Waals surface area (Å²) in [7, 11) is 0. The lowest BCUT2D eigenvalue weighted by Gasteiger charge is -2.15. The fraction of sp³-hybridized carbons (Fsp3) is 0.0909. The summed E-state index contributed by atoms with van der Waals surface area (Å²) in [5.41, 5.74) is 0.628. The topological polar surface area (TPSA) is 39.2 Å². The van der Waals surface area contributed by atoms with E-state index in [0.29, 0.717) is 12.2 Å². The third kappa shape index (κ3) is 2.93. The van der Waals surface area contributed by atoms with Gasteiger partial charge in [-0.25, -0.2) is 9.78 Å². The molecule has 26 heavy (non-hydrogen) atoms. The molecule has 0 fully saturated rings. The normalized spacial score (nSPS) is 11.0. The van der Waals surface area contributed by atoms with Crippen LogP contribution in [-0.2, 0) is 4.74 Å². The van der Waals surface area contributed by atoms with Crippen molar-refractivity contribution in [1.82, 2.24) is 4.98 Å². The second-order valence-electron chi connectivity index (χ2n) is 5.79. The molecule has 3 nitrogen and oxygen atoms in total. The minimum atomic E-state index is -0.283. The fourth-order valence-electron chi connectivity index (χ4n) is 3.13. The van der Waals surface area contributed by atoms with Gasteiger partial charge in [-0.3, -0.25) is 0 Å².